The Morgan fingerprint density at radius 3 is 2.37 bits per heavy atom. The van der Waals surface area contributed by atoms with E-state index in [1.165, 1.54) is 4.90 Å². The van der Waals surface area contributed by atoms with Crippen molar-refractivity contribution in [2.24, 2.45) is 0 Å². The number of hydrogen-bond donors (Lipinski definition) is 1. The van der Waals surface area contributed by atoms with Crippen molar-refractivity contribution < 1.29 is 9.84 Å². The van der Waals surface area contributed by atoms with E-state index < -0.39 is 6.10 Å². The molecule has 1 atom stereocenters. The van der Waals surface area contributed by atoms with Crippen LogP contribution in [-0.4, -0.2) is 16.3 Å². The zero-order valence-corrected chi connectivity index (χ0v) is 11.9. The lowest BCUT2D eigenvalue weighted by Crippen LogP contribution is -1.98. The molecule has 0 amide bonds. The van der Waals surface area contributed by atoms with Crippen LogP contribution in [0.15, 0.2) is 47.5 Å². The highest BCUT2D eigenvalue weighted by molar-refractivity contribution is 7.98. The largest absolute Gasteiger partial charge is 0.456 e. The second kappa shape index (κ2) is 6.59. The van der Waals surface area contributed by atoms with Gasteiger partial charge in [-0.15, -0.1) is 11.8 Å². The normalized spacial score (nSPS) is 12.2. The molecule has 0 fully saturated rings. The van der Waals surface area contributed by atoms with Gasteiger partial charge in [0.1, 0.15) is 11.5 Å². The van der Waals surface area contributed by atoms with E-state index in [9.17, 15) is 5.11 Å². The molecule has 0 bridgehead atoms. The molecule has 2 aromatic rings. The fourth-order valence-electron chi connectivity index (χ4n) is 1.64. The zero-order chi connectivity index (χ0) is 13.7. The number of pyridine rings is 1. The lowest BCUT2D eigenvalue weighted by Gasteiger charge is -2.09. The van der Waals surface area contributed by atoms with Gasteiger partial charge in [-0.05, 0) is 49.1 Å². The van der Waals surface area contributed by atoms with Crippen LogP contribution in [0.2, 0.25) is 0 Å². The van der Waals surface area contributed by atoms with Crippen LogP contribution >= 0.6 is 11.8 Å². The van der Waals surface area contributed by atoms with Crippen LogP contribution in [0, 0.1) is 0 Å². The number of aliphatic hydroxyl groups excluding tert-OH is 1. The Balaban J connectivity index is 2.06. The molecule has 0 aliphatic heterocycles. The maximum atomic E-state index is 9.66. The molecule has 0 radical (unpaired) electrons. The molecular weight excluding hydrogens is 258 g/mol. The van der Waals surface area contributed by atoms with Gasteiger partial charge < -0.3 is 9.84 Å². The Kier molecular flexibility index (Phi) is 4.82. The summed E-state index contributed by atoms with van der Waals surface area (Å²) in [4.78, 5) is 5.40. The van der Waals surface area contributed by atoms with Crippen LogP contribution in [0.1, 0.15) is 25.1 Å². The molecule has 0 saturated carbocycles. The van der Waals surface area contributed by atoms with Crippen molar-refractivity contribution in [3.8, 4) is 11.5 Å². The second-order valence-corrected chi connectivity index (χ2v) is 5.00. The summed E-state index contributed by atoms with van der Waals surface area (Å²) >= 11 is 1.70. The first-order chi connectivity index (χ1) is 9.22. The number of nitrogens with zero attached hydrogens (tertiary/aromatic N) is 1. The molecule has 3 nitrogen and oxygen atoms in total. The second-order valence-electron chi connectivity index (χ2n) is 4.12. The van der Waals surface area contributed by atoms with Gasteiger partial charge in [0.05, 0.1) is 18.0 Å². The van der Waals surface area contributed by atoms with Crippen LogP contribution in [0.3, 0.4) is 0 Å². The van der Waals surface area contributed by atoms with Gasteiger partial charge in [0.25, 0.3) is 0 Å². The number of aromatic nitrogens is 1. The smallest absolute Gasteiger partial charge is 0.145 e. The Bertz CT molecular complexity index is 511. The van der Waals surface area contributed by atoms with Gasteiger partial charge in [-0.25, -0.2) is 0 Å². The highest BCUT2D eigenvalue weighted by atomic mass is 32.2. The first-order valence-electron chi connectivity index (χ1n) is 6.19. The van der Waals surface area contributed by atoms with Gasteiger partial charge >= 0.3 is 0 Å². The molecule has 1 aromatic heterocycles. The van der Waals surface area contributed by atoms with Crippen molar-refractivity contribution in [2.45, 2.75) is 24.3 Å². The Morgan fingerprint density at radius 1 is 1.16 bits per heavy atom. The van der Waals surface area contributed by atoms with Gasteiger partial charge in [-0.1, -0.05) is 6.92 Å². The van der Waals surface area contributed by atoms with Crippen molar-refractivity contribution in [3.63, 3.8) is 0 Å². The molecule has 1 aromatic carbocycles. The van der Waals surface area contributed by atoms with E-state index >= 15 is 0 Å². The Hall–Kier alpha value is -1.52. The highest BCUT2D eigenvalue weighted by Gasteiger charge is 2.06. The minimum atomic E-state index is -0.505. The fraction of sp³-hybridized carbons (Fsp3) is 0.267. The van der Waals surface area contributed by atoms with E-state index in [2.05, 4.69) is 4.98 Å². The average molecular weight is 275 g/mol. The van der Waals surface area contributed by atoms with Crippen molar-refractivity contribution in [2.75, 3.05) is 6.26 Å². The molecular formula is C15H17NO2S. The molecule has 1 N–H and O–H groups in total. The van der Waals surface area contributed by atoms with E-state index in [4.69, 9.17) is 4.74 Å². The SMILES string of the molecule is CC[C@@H](O)c1ccc(Oc2ccc(SC)cc2)cn1. The van der Waals surface area contributed by atoms with Crippen molar-refractivity contribution in [1.29, 1.82) is 0 Å². The fourth-order valence-corrected chi connectivity index (χ4v) is 2.05. The van der Waals surface area contributed by atoms with Crippen LogP contribution in [-0.2, 0) is 0 Å². The van der Waals surface area contributed by atoms with E-state index in [-0.39, 0.29) is 0 Å². The van der Waals surface area contributed by atoms with E-state index in [0.29, 0.717) is 17.9 Å². The lowest BCUT2D eigenvalue weighted by molar-refractivity contribution is 0.169. The molecule has 100 valence electrons. The number of aliphatic hydroxyl groups is 1. The van der Waals surface area contributed by atoms with Gasteiger partial charge in [0.2, 0.25) is 0 Å². The highest BCUT2D eigenvalue weighted by Crippen LogP contribution is 2.24. The van der Waals surface area contributed by atoms with E-state index in [0.717, 1.165) is 5.75 Å². The van der Waals surface area contributed by atoms with Gasteiger partial charge in [-0.2, -0.15) is 0 Å². The molecule has 0 aliphatic rings. The summed E-state index contributed by atoms with van der Waals surface area (Å²) in [5, 5.41) is 9.66. The number of benzene rings is 1. The zero-order valence-electron chi connectivity index (χ0n) is 11.0. The Morgan fingerprint density at radius 2 is 1.84 bits per heavy atom. The number of rotatable bonds is 5. The van der Waals surface area contributed by atoms with Crippen molar-refractivity contribution in [3.05, 3.63) is 48.3 Å². The third-order valence-electron chi connectivity index (χ3n) is 2.78. The quantitative estimate of drug-likeness (QED) is 0.836. The average Bonchev–Trinajstić information content (AvgIpc) is 2.48. The summed E-state index contributed by atoms with van der Waals surface area (Å²) in [7, 11) is 0. The summed E-state index contributed by atoms with van der Waals surface area (Å²) in [5.74, 6) is 1.45. The van der Waals surface area contributed by atoms with E-state index in [1.54, 1.807) is 24.0 Å². The molecule has 0 saturated heterocycles. The molecule has 0 unspecified atom stereocenters. The minimum Gasteiger partial charge on any atom is -0.456 e. The molecule has 0 aliphatic carbocycles. The maximum absolute atomic E-state index is 9.66. The van der Waals surface area contributed by atoms with E-state index in [1.807, 2.05) is 43.5 Å². The molecule has 19 heavy (non-hydrogen) atoms. The summed E-state index contributed by atoms with van der Waals surface area (Å²) in [6.45, 7) is 1.92. The minimum absolute atomic E-state index is 0.505. The first kappa shape index (κ1) is 13.9. The number of thioether (sulfide) groups is 1. The maximum Gasteiger partial charge on any atom is 0.145 e. The van der Waals surface area contributed by atoms with Gasteiger partial charge in [-0.3, -0.25) is 4.98 Å². The first-order valence-corrected chi connectivity index (χ1v) is 7.41. The van der Waals surface area contributed by atoms with Gasteiger partial charge in [0, 0.05) is 4.90 Å². The predicted molar refractivity (Wildman–Crippen MR) is 77.8 cm³/mol. The molecule has 4 heteroatoms. The number of ether oxygens (including phenoxy) is 1. The molecule has 0 spiro atoms. The van der Waals surface area contributed by atoms with Gasteiger partial charge in [0.15, 0.2) is 0 Å². The third-order valence-corrected chi connectivity index (χ3v) is 3.53. The third kappa shape index (κ3) is 3.72. The molecule has 2 rings (SSSR count). The van der Waals surface area contributed by atoms with Crippen molar-refractivity contribution in [1.82, 2.24) is 4.98 Å². The predicted octanol–water partition coefficient (Wildman–Crippen LogP) is 4.04. The van der Waals surface area contributed by atoms with Crippen molar-refractivity contribution >= 4 is 11.8 Å². The Labute approximate surface area is 117 Å². The standard InChI is InChI=1S/C15H17NO2S/c1-3-15(17)14-9-6-12(10-16-14)18-11-4-7-13(19-2)8-5-11/h4-10,15,17H,3H2,1-2H3/t15-/m1/s1. The summed E-state index contributed by atoms with van der Waals surface area (Å²) in [6, 6.07) is 11.5. The van der Waals surface area contributed by atoms with Crippen LogP contribution in [0.25, 0.3) is 0 Å². The number of hydrogen-bond acceptors (Lipinski definition) is 4. The summed E-state index contributed by atoms with van der Waals surface area (Å²) in [6.07, 6.45) is 3.83. The molecule has 1 heterocycles. The summed E-state index contributed by atoms with van der Waals surface area (Å²) < 4.78 is 5.69. The lowest BCUT2D eigenvalue weighted by atomic mass is 10.2. The van der Waals surface area contributed by atoms with Crippen LogP contribution in [0.4, 0.5) is 0 Å². The van der Waals surface area contributed by atoms with Crippen LogP contribution in [0.5, 0.6) is 11.5 Å². The summed E-state index contributed by atoms with van der Waals surface area (Å²) in [5.41, 5.74) is 0.674. The topological polar surface area (TPSA) is 42.4 Å². The monoisotopic (exact) mass is 275 g/mol. The van der Waals surface area contributed by atoms with Crippen LogP contribution < -0.4 is 4.74 Å².